The Hall–Kier alpha value is -0.870. The van der Waals surface area contributed by atoms with Gasteiger partial charge in [0.15, 0.2) is 0 Å². The van der Waals surface area contributed by atoms with Crippen LogP contribution in [0.3, 0.4) is 0 Å². The Morgan fingerprint density at radius 3 is 3.13 bits per heavy atom. The fourth-order valence-electron chi connectivity index (χ4n) is 2.53. The van der Waals surface area contributed by atoms with Gasteiger partial charge in [-0.05, 0) is 31.2 Å². The zero-order chi connectivity index (χ0) is 10.7. The van der Waals surface area contributed by atoms with E-state index in [-0.39, 0.29) is 0 Å². The number of aliphatic hydroxyl groups is 1. The van der Waals surface area contributed by atoms with Crippen molar-refractivity contribution in [3.05, 3.63) is 18.5 Å². The highest BCUT2D eigenvalue weighted by atomic mass is 16.3. The summed E-state index contributed by atoms with van der Waals surface area (Å²) < 4.78 is 1.91. The van der Waals surface area contributed by atoms with Gasteiger partial charge >= 0.3 is 0 Å². The largest absolute Gasteiger partial charge is 0.388 e. The Kier molecular flexibility index (Phi) is 3.07. The van der Waals surface area contributed by atoms with Crippen molar-refractivity contribution >= 4 is 0 Å². The molecule has 15 heavy (non-hydrogen) atoms. The molecule has 1 fully saturated rings. The van der Waals surface area contributed by atoms with E-state index in [0.717, 1.165) is 32.2 Å². The van der Waals surface area contributed by atoms with Crippen molar-refractivity contribution < 1.29 is 5.11 Å². The molecule has 1 saturated carbocycles. The molecule has 0 saturated heterocycles. The molecular formula is C11H19N3O. The lowest BCUT2D eigenvalue weighted by Gasteiger charge is -2.28. The first-order valence-corrected chi connectivity index (χ1v) is 5.64. The number of hydrogen-bond donors (Lipinski definition) is 2. The first-order valence-electron chi connectivity index (χ1n) is 5.64. The molecule has 4 heteroatoms. The summed E-state index contributed by atoms with van der Waals surface area (Å²) in [5.74, 6) is 0.340. The lowest BCUT2D eigenvalue weighted by Crippen LogP contribution is -2.41. The molecule has 2 atom stereocenters. The van der Waals surface area contributed by atoms with Crippen LogP contribution < -0.4 is 5.73 Å². The lowest BCUT2D eigenvalue weighted by atomic mass is 9.88. The monoisotopic (exact) mass is 209 g/mol. The second-order valence-corrected chi connectivity index (χ2v) is 4.45. The van der Waals surface area contributed by atoms with Crippen molar-refractivity contribution in [3.8, 4) is 0 Å². The van der Waals surface area contributed by atoms with Crippen molar-refractivity contribution in [1.82, 2.24) is 9.78 Å². The number of aryl methyl sites for hydroxylation is 1. The molecule has 3 N–H and O–H groups in total. The Morgan fingerprint density at radius 2 is 2.47 bits per heavy atom. The standard InChI is InChI=1S/C11H19N3O/c12-9-11(15)5-1-3-10(11)4-8-14-7-2-6-13-14/h2,6-7,10,15H,1,3-5,8-9,12H2. The minimum Gasteiger partial charge on any atom is -0.388 e. The van der Waals surface area contributed by atoms with E-state index < -0.39 is 5.60 Å². The van der Waals surface area contributed by atoms with Crippen LogP contribution in [0.5, 0.6) is 0 Å². The molecule has 1 aromatic rings. The Morgan fingerprint density at radius 1 is 1.60 bits per heavy atom. The van der Waals surface area contributed by atoms with Crippen molar-refractivity contribution in [3.63, 3.8) is 0 Å². The summed E-state index contributed by atoms with van der Waals surface area (Å²) in [6, 6.07) is 1.92. The summed E-state index contributed by atoms with van der Waals surface area (Å²) in [6.45, 7) is 1.26. The molecule has 0 radical (unpaired) electrons. The first-order chi connectivity index (χ1) is 7.24. The molecule has 1 aromatic heterocycles. The summed E-state index contributed by atoms with van der Waals surface area (Å²) in [4.78, 5) is 0. The molecule has 0 spiro atoms. The van der Waals surface area contributed by atoms with Crippen LogP contribution >= 0.6 is 0 Å². The van der Waals surface area contributed by atoms with Crippen molar-refractivity contribution in [2.24, 2.45) is 11.7 Å². The van der Waals surface area contributed by atoms with Crippen molar-refractivity contribution in [2.45, 2.75) is 37.8 Å². The topological polar surface area (TPSA) is 64.1 Å². The minimum atomic E-state index is -0.618. The average molecular weight is 209 g/mol. The molecule has 1 aliphatic carbocycles. The van der Waals surface area contributed by atoms with E-state index in [4.69, 9.17) is 5.73 Å². The van der Waals surface area contributed by atoms with E-state index in [0.29, 0.717) is 12.5 Å². The molecule has 0 bridgehead atoms. The van der Waals surface area contributed by atoms with Crippen LogP contribution in [0.4, 0.5) is 0 Å². The normalized spacial score (nSPS) is 30.9. The SMILES string of the molecule is NCC1(O)CCCC1CCn1cccn1. The van der Waals surface area contributed by atoms with E-state index in [1.807, 2.05) is 16.9 Å². The lowest BCUT2D eigenvalue weighted by molar-refractivity contribution is 0.00629. The Labute approximate surface area is 90.1 Å². The second kappa shape index (κ2) is 4.33. The highest BCUT2D eigenvalue weighted by molar-refractivity contribution is 4.93. The van der Waals surface area contributed by atoms with Gasteiger partial charge in [-0.1, -0.05) is 6.42 Å². The van der Waals surface area contributed by atoms with Crippen LogP contribution in [0.25, 0.3) is 0 Å². The van der Waals surface area contributed by atoms with Crippen LogP contribution in [0.1, 0.15) is 25.7 Å². The van der Waals surface area contributed by atoms with Gasteiger partial charge in [0.25, 0.3) is 0 Å². The number of rotatable bonds is 4. The summed E-state index contributed by atoms with van der Waals surface area (Å²) in [6.07, 6.45) is 7.75. The van der Waals surface area contributed by atoms with Crippen molar-refractivity contribution in [1.29, 1.82) is 0 Å². The Bertz CT molecular complexity index is 299. The second-order valence-electron chi connectivity index (χ2n) is 4.45. The predicted molar refractivity (Wildman–Crippen MR) is 58.2 cm³/mol. The quantitative estimate of drug-likeness (QED) is 0.769. The Balaban J connectivity index is 1.89. The summed E-state index contributed by atoms with van der Waals surface area (Å²) in [5, 5.41) is 14.4. The van der Waals surface area contributed by atoms with Crippen LogP contribution in [0.2, 0.25) is 0 Å². The van der Waals surface area contributed by atoms with E-state index in [9.17, 15) is 5.11 Å². The fraction of sp³-hybridized carbons (Fsp3) is 0.727. The first kappa shape index (κ1) is 10.6. The maximum atomic E-state index is 10.2. The molecule has 2 unspecified atom stereocenters. The molecule has 2 rings (SSSR count). The minimum absolute atomic E-state index is 0.340. The third-order valence-corrected chi connectivity index (χ3v) is 3.54. The number of nitrogens with zero attached hydrogens (tertiary/aromatic N) is 2. The van der Waals surface area contributed by atoms with E-state index >= 15 is 0 Å². The van der Waals surface area contributed by atoms with Gasteiger partial charge in [-0.25, -0.2) is 0 Å². The fourth-order valence-corrected chi connectivity index (χ4v) is 2.53. The highest BCUT2D eigenvalue weighted by Gasteiger charge is 2.39. The van der Waals surface area contributed by atoms with Crippen LogP contribution in [0, 0.1) is 5.92 Å². The van der Waals surface area contributed by atoms with Crippen LogP contribution in [-0.2, 0) is 6.54 Å². The maximum absolute atomic E-state index is 10.2. The van der Waals surface area contributed by atoms with Crippen molar-refractivity contribution in [2.75, 3.05) is 6.54 Å². The third kappa shape index (κ3) is 2.21. The van der Waals surface area contributed by atoms with Gasteiger partial charge in [-0.15, -0.1) is 0 Å². The maximum Gasteiger partial charge on any atom is 0.0798 e. The molecule has 0 aromatic carbocycles. The molecule has 4 nitrogen and oxygen atoms in total. The molecule has 1 aliphatic rings. The number of nitrogens with two attached hydrogens (primary N) is 1. The van der Waals surface area contributed by atoms with E-state index in [1.165, 1.54) is 0 Å². The predicted octanol–water partition coefficient (Wildman–Crippen LogP) is 0.763. The molecule has 84 valence electrons. The van der Waals surface area contributed by atoms with E-state index in [1.54, 1.807) is 6.20 Å². The van der Waals surface area contributed by atoms with Gasteiger partial charge < -0.3 is 10.8 Å². The van der Waals surface area contributed by atoms with Crippen LogP contribution in [0.15, 0.2) is 18.5 Å². The van der Waals surface area contributed by atoms with Gasteiger partial charge in [0.2, 0.25) is 0 Å². The molecule has 0 aliphatic heterocycles. The number of aromatic nitrogens is 2. The molecule has 0 amide bonds. The average Bonchev–Trinajstić information content (AvgIpc) is 2.85. The molecule has 1 heterocycles. The van der Waals surface area contributed by atoms with Gasteiger partial charge in [0, 0.05) is 25.5 Å². The zero-order valence-electron chi connectivity index (χ0n) is 8.97. The van der Waals surface area contributed by atoms with Gasteiger partial charge in [-0.2, -0.15) is 5.10 Å². The van der Waals surface area contributed by atoms with Gasteiger partial charge in [0.1, 0.15) is 0 Å². The zero-order valence-corrected chi connectivity index (χ0v) is 8.97. The van der Waals surface area contributed by atoms with Crippen LogP contribution in [-0.4, -0.2) is 27.0 Å². The summed E-state index contributed by atoms with van der Waals surface area (Å²) >= 11 is 0. The number of hydrogen-bond acceptors (Lipinski definition) is 3. The smallest absolute Gasteiger partial charge is 0.0798 e. The highest BCUT2D eigenvalue weighted by Crippen LogP contribution is 2.37. The van der Waals surface area contributed by atoms with Gasteiger partial charge in [-0.3, -0.25) is 4.68 Å². The van der Waals surface area contributed by atoms with E-state index in [2.05, 4.69) is 5.10 Å². The molecular weight excluding hydrogens is 190 g/mol. The summed E-state index contributed by atoms with van der Waals surface area (Å²) in [5.41, 5.74) is 5.02. The summed E-state index contributed by atoms with van der Waals surface area (Å²) in [7, 11) is 0. The van der Waals surface area contributed by atoms with Gasteiger partial charge in [0.05, 0.1) is 5.60 Å². The third-order valence-electron chi connectivity index (χ3n) is 3.54.